The quantitative estimate of drug-likeness (QED) is 0.623. The Morgan fingerprint density at radius 3 is 2.44 bits per heavy atom. The molecular weight excluding hydrogens is 333 g/mol. The molecule has 1 aliphatic heterocycles. The Kier molecular flexibility index (Phi) is 4.11. The molecule has 0 fully saturated rings. The molecule has 8 nitrogen and oxygen atoms in total. The maximum atomic E-state index is 13.7. The summed E-state index contributed by atoms with van der Waals surface area (Å²) >= 11 is 0. The smallest absolute Gasteiger partial charge is 0.262 e. The number of imide groups is 1. The van der Waals surface area contributed by atoms with Crippen molar-refractivity contribution in [2.45, 2.75) is 6.29 Å². The van der Waals surface area contributed by atoms with E-state index in [1.165, 1.54) is 20.3 Å². The number of halogens is 1. The normalized spacial score (nSPS) is 13.3. The lowest BCUT2D eigenvalue weighted by atomic mass is 10.1. The minimum atomic E-state index is -0.972. The lowest BCUT2D eigenvalue weighted by Crippen LogP contribution is -2.25. The predicted molar refractivity (Wildman–Crippen MR) is 85.0 cm³/mol. The van der Waals surface area contributed by atoms with Crippen molar-refractivity contribution in [3.63, 3.8) is 0 Å². The van der Waals surface area contributed by atoms with Crippen LogP contribution in [-0.4, -0.2) is 30.6 Å². The third-order valence-corrected chi connectivity index (χ3v) is 3.87. The van der Waals surface area contributed by atoms with E-state index >= 15 is 0 Å². The van der Waals surface area contributed by atoms with Crippen molar-refractivity contribution >= 4 is 17.6 Å². The van der Waals surface area contributed by atoms with Crippen LogP contribution in [0.25, 0.3) is 5.69 Å². The molecule has 130 valence electrons. The molecule has 0 aliphatic carbocycles. The maximum absolute atomic E-state index is 13.7. The summed E-state index contributed by atoms with van der Waals surface area (Å²) in [6.07, 6.45) is -0.972. The molecule has 2 heterocycles. The molecule has 3 N–H and O–H groups in total. The first-order valence-electron chi connectivity index (χ1n) is 7.15. The Bertz CT molecular complexity index is 950. The summed E-state index contributed by atoms with van der Waals surface area (Å²) in [5.74, 6) is -2.20. The molecule has 25 heavy (non-hydrogen) atoms. The van der Waals surface area contributed by atoms with Gasteiger partial charge >= 0.3 is 0 Å². The average molecular weight is 347 g/mol. The Morgan fingerprint density at radius 1 is 1.12 bits per heavy atom. The van der Waals surface area contributed by atoms with Crippen LogP contribution in [0.1, 0.15) is 32.6 Å². The minimum absolute atomic E-state index is 0.0950. The Labute approximate surface area is 141 Å². The molecule has 1 aromatic carbocycles. The molecule has 0 spiro atoms. The molecule has 2 amide bonds. The van der Waals surface area contributed by atoms with Gasteiger partial charge in [0.05, 0.1) is 16.8 Å². The fraction of sp³-hybridized carbons (Fsp3) is 0.188. The van der Waals surface area contributed by atoms with E-state index in [4.69, 9.17) is 15.2 Å². The first-order chi connectivity index (χ1) is 11.9. The SMILES string of the molecule is COC(OC)c1cc(F)ccc1-n1c(N)c2c(cc1=O)C(=O)NC2=O. The van der Waals surface area contributed by atoms with Crippen LogP contribution < -0.4 is 16.6 Å². The van der Waals surface area contributed by atoms with Crippen LogP contribution in [0.15, 0.2) is 29.1 Å². The lowest BCUT2D eigenvalue weighted by Gasteiger charge is -2.20. The Morgan fingerprint density at radius 2 is 1.80 bits per heavy atom. The summed E-state index contributed by atoms with van der Waals surface area (Å²) in [6.45, 7) is 0. The second-order valence-corrected chi connectivity index (χ2v) is 5.28. The first kappa shape index (κ1) is 16.8. The number of benzene rings is 1. The molecule has 1 aliphatic rings. The second-order valence-electron chi connectivity index (χ2n) is 5.28. The highest BCUT2D eigenvalue weighted by atomic mass is 19.1. The fourth-order valence-electron chi connectivity index (χ4n) is 2.80. The van der Waals surface area contributed by atoms with Gasteiger partial charge in [-0.2, -0.15) is 0 Å². The number of nitrogen functional groups attached to an aromatic ring is 1. The van der Waals surface area contributed by atoms with E-state index in [1.54, 1.807) is 0 Å². The average Bonchev–Trinajstić information content (AvgIpc) is 2.84. The fourth-order valence-corrected chi connectivity index (χ4v) is 2.80. The molecular formula is C16H14FN3O5. The van der Waals surface area contributed by atoms with Gasteiger partial charge in [-0.15, -0.1) is 0 Å². The lowest BCUT2D eigenvalue weighted by molar-refractivity contribution is -0.106. The zero-order valence-electron chi connectivity index (χ0n) is 13.3. The van der Waals surface area contributed by atoms with Gasteiger partial charge < -0.3 is 15.2 Å². The van der Waals surface area contributed by atoms with Crippen molar-refractivity contribution in [2.24, 2.45) is 0 Å². The molecule has 3 rings (SSSR count). The summed E-state index contributed by atoms with van der Waals surface area (Å²) in [5, 5.41) is 2.08. The predicted octanol–water partition coefficient (Wildman–Crippen LogP) is 0.734. The minimum Gasteiger partial charge on any atom is -0.384 e. The van der Waals surface area contributed by atoms with Crippen LogP contribution in [0.2, 0.25) is 0 Å². The summed E-state index contributed by atoms with van der Waals surface area (Å²) in [7, 11) is 2.70. The van der Waals surface area contributed by atoms with Crippen LogP contribution in [0.4, 0.5) is 10.2 Å². The summed E-state index contributed by atoms with van der Waals surface area (Å²) in [5.41, 5.74) is 5.50. The molecule has 0 saturated carbocycles. The van der Waals surface area contributed by atoms with Gasteiger partial charge in [-0.1, -0.05) is 0 Å². The molecule has 0 atom stereocenters. The highest BCUT2D eigenvalue weighted by Crippen LogP contribution is 2.29. The third-order valence-electron chi connectivity index (χ3n) is 3.87. The molecule has 9 heteroatoms. The molecule has 0 unspecified atom stereocenters. The number of fused-ring (bicyclic) bond motifs is 1. The van der Waals surface area contributed by atoms with E-state index in [-0.39, 0.29) is 28.2 Å². The molecule has 0 saturated heterocycles. The summed E-state index contributed by atoms with van der Waals surface area (Å²) in [4.78, 5) is 36.2. The van der Waals surface area contributed by atoms with Crippen molar-refractivity contribution < 1.29 is 23.5 Å². The Balaban J connectivity index is 2.32. The van der Waals surface area contributed by atoms with Crippen LogP contribution in [0.5, 0.6) is 0 Å². The topological polar surface area (TPSA) is 113 Å². The van der Waals surface area contributed by atoms with Gasteiger partial charge in [-0.25, -0.2) is 4.39 Å². The van der Waals surface area contributed by atoms with E-state index in [2.05, 4.69) is 5.32 Å². The highest BCUT2D eigenvalue weighted by molar-refractivity contribution is 6.23. The number of carbonyl (C=O) groups is 2. The number of nitrogens with two attached hydrogens (primary N) is 1. The van der Waals surface area contributed by atoms with Crippen molar-refractivity contribution in [1.29, 1.82) is 0 Å². The van der Waals surface area contributed by atoms with E-state index < -0.39 is 29.5 Å². The van der Waals surface area contributed by atoms with Crippen molar-refractivity contribution in [3.05, 3.63) is 57.1 Å². The molecule has 0 radical (unpaired) electrons. The number of nitrogens with zero attached hydrogens (tertiary/aromatic N) is 1. The van der Waals surface area contributed by atoms with E-state index in [0.717, 1.165) is 22.8 Å². The van der Waals surface area contributed by atoms with Gasteiger partial charge in [0.15, 0.2) is 6.29 Å². The largest absolute Gasteiger partial charge is 0.384 e. The Hall–Kier alpha value is -3.04. The monoisotopic (exact) mass is 347 g/mol. The molecule has 1 aromatic heterocycles. The zero-order valence-corrected chi connectivity index (χ0v) is 13.3. The number of methoxy groups -OCH3 is 2. The maximum Gasteiger partial charge on any atom is 0.262 e. The highest BCUT2D eigenvalue weighted by Gasteiger charge is 2.32. The van der Waals surface area contributed by atoms with Gasteiger partial charge in [0.25, 0.3) is 17.4 Å². The number of amides is 2. The number of hydrogen-bond acceptors (Lipinski definition) is 6. The van der Waals surface area contributed by atoms with Gasteiger partial charge in [0.2, 0.25) is 0 Å². The van der Waals surface area contributed by atoms with Crippen LogP contribution >= 0.6 is 0 Å². The van der Waals surface area contributed by atoms with Gasteiger partial charge in [0.1, 0.15) is 11.6 Å². The molecule has 2 aromatic rings. The van der Waals surface area contributed by atoms with E-state index in [9.17, 15) is 18.8 Å². The number of nitrogens with one attached hydrogen (secondary N) is 1. The van der Waals surface area contributed by atoms with E-state index in [1.807, 2.05) is 0 Å². The standard InChI is InChI=1S/C16H14FN3O5/c1-24-16(25-2)8-5-7(17)3-4-10(8)20-11(21)6-9-12(13(20)18)15(23)19-14(9)22/h3-6,16H,18H2,1-2H3,(H,19,22,23). The van der Waals surface area contributed by atoms with E-state index in [0.29, 0.717) is 0 Å². The van der Waals surface area contributed by atoms with Crippen molar-refractivity contribution in [2.75, 3.05) is 20.0 Å². The summed E-state index contributed by atoms with van der Waals surface area (Å²) < 4.78 is 25.0. The second kappa shape index (κ2) is 6.11. The van der Waals surface area contributed by atoms with Gasteiger partial charge in [-0.05, 0) is 18.2 Å². The number of aromatic nitrogens is 1. The molecule has 0 bridgehead atoms. The number of ether oxygens (including phenoxy) is 2. The third kappa shape index (κ3) is 2.59. The number of anilines is 1. The van der Waals surface area contributed by atoms with Crippen LogP contribution in [-0.2, 0) is 9.47 Å². The van der Waals surface area contributed by atoms with Crippen molar-refractivity contribution in [1.82, 2.24) is 9.88 Å². The number of pyridine rings is 1. The van der Waals surface area contributed by atoms with Crippen LogP contribution in [0, 0.1) is 5.82 Å². The number of carbonyl (C=O) groups excluding carboxylic acids is 2. The van der Waals surface area contributed by atoms with Gasteiger partial charge in [-0.3, -0.25) is 24.3 Å². The van der Waals surface area contributed by atoms with Crippen LogP contribution in [0.3, 0.4) is 0 Å². The van der Waals surface area contributed by atoms with Crippen molar-refractivity contribution in [3.8, 4) is 5.69 Å². The zero-order chi connectivity index (χ0) is 18.3. The first-order valence-corrected chi connectivity index (χ1v) is 7.15. The summed E-state index contributed by atoms with van der Waals surface area (Å²) in [6, 6.07) is 4.59. The number of rotatable bonds is 4. The van der Waals surface area contributed by atoms with Gasteiger partial charge in [0, 0.05) is 25.8 Å². The number of hydrogen-bond donors (Lipinski definition) is 2.